The average Bonchev–Trinajstić information content (AvgIpc) is 3.08. The number of ether oxygens (including phenoxy) is 1. The van der Waals surface area contributed by atoms with Crippen molar-refractivity contribution in [1.82, 2.24) is 20.3 Å². The van der Waals surface area contributed by atoms with Crippen molar-refractivity contribution in [3.8, 4) is 23.2 Å². The van der Waals surface area contributed by atoms with Gasteiger partial charge in [-0.1, -0.05) is 34.4 Å². The van der Waals surface area contributed by atoms with Gasteiger partial charge in [-0.25, -0.2) is 0 Å². The van der Waals surface area contributed by atoms with E-state index < -0.39 is 5.54 Å². The molecule has 2 N–H and O–H groups in total. The second kappa shape index (κ2) is 7.36. The Morgan fingerprint density at radius 3 is 2.58 bits per heavy atom. The van der Waals surface area contributed by atoms with Crippen LogP contribution in [0.15, 0.2) is 34.9 Å². The van der Waals surface area contributed by atoms with Crippen molar-refractivity contribution >= 4 is 35.6 Å². The van der Waals surface area contributed by atoms with Crippen molar-refractivity contribution in [2.24, 2.45) is 5.73 Å². The highest BCUT2D eigenvalue weighted by atomic mass is 35.5. The molecule has 1 fully saturated rings. The van der Waals surface area contributed by atoms with Gasteiger partial charge in [0.1, 0.15) is 10.8 Å². The summed E-state index contributed by atoms with van der Waals surface area (Å²) in [6.07, 6.45) is 2.77. The first-order valence-electron chi connectivity index (χ1n) is 7.64. The van der Waals surface area contributed by atoms with Crippen LogP contribution in [0.4, 0.5) is 0 Å². The molecule has 10 heteroatoms. The van der Waals surface area contributed by atoms with Gasteiger partial charge in [0.25, 0.3) is 5.89 Å². The molecule has 0 spiro atoms. The predicted octanol–water partition coefficient (Wildman–Crippen LogP) is 4.39. The molecular formula is C16H14Cl3N5O2. The first kappa shape index (κ1) is 18.8. The van der Waals surface area contributed by atoms with Crippen LogP contribution in [0.25, 0.3) is 11.6 Å². The Morgan fingerprint density at radius 2 is 1.92 bits per heavy atom. The number of nitrogens with zero attached hydrogens (tertiary/aromatic N) is 4. The Hall–Kier alpha value is -1.93. The maximum Gasteiger partial charge on any atom is 0.278 e. The van der Waals surface area contributed by atoms with Gasteiger partial charge >= 0.3 is 0 Å². The second-order valence-corrected chi connectivity index (χ2v) is 6.63. The maximum atomic E-state index is 6.19. The molecule has 4 rings (SSSR count). The monoisotopic (exact) mass is 413 g/mol. The van der Waals surface area contributed by atoms with Crippen LogP contribution >= 0.6 is 35.6 Å². The van der Waals surface area contributed by atoms with Crippen LogP contribution < -0.4 is 10.5 Å². The summed E-state index contributed by atoms with van der Waals surface area (Å²) in [6.45, 7) is 0. The first-order valence-corrected chi connectivity index (χ1v) is 8.40. The van der Waals surface area contributed by atoms with Crippen molar-refractivity contribution < 1.29 is 9.26 Å². The molecule has 1 aromatic carbocycles. The zero-order valence-electron chi connectivity index (χ0n) is 13.4. The van der Waals surface area contributed by atoms with Gasteiger partial charge in [-0.05, 0) is 37.5 Å². The van der Waals surface area contributed by atoms with Crippen LogP contribution in [0.2, 0.25) is 10.0 Å². The van der Waals surface area contributed by atoms with Gasteiger partial charge in [-0.15, -0.1) is 22.6 Å². The molecular weight excluding hydrogens is 401 g/mol. The Bertz CT molecular complexity index is 913. The SMILES string of the molecule is Cl.NC1(c2noc(-c3ccc(Oc4cccc(Cl)c4Cl)nn3)n2)CCC1. The molecule has 0 atom stereocenters. The number of hydrogen-bond donors (Lipinski definition) is 1. The molecule has 136 valence electrons. The lowest BCUT2D eigenvalue weighted by Gasteiger charge is -2.34. The molecule has 3 aromatic rings. The molecule has 0 radical (unpaired) electrons. The predicted molar refractivity (Wildman–Crippen MR) is 98.8 cm³/mol. The molecule has 0 saturated heterocycles. The van der Waals surface area contributed by atoms with Crippen LogP contribution in [-0.2, 0) is 5.54 Å². The standard InChI is InChI=1S/C16H13Cl2N5O2.ClH/c17-9-3-1-4-11(13(9)18)24-12-6-5-10(21-22-12)14-20-15(23-25-14)16(19)7-2-8-16;/h1,3-6H,2,7-8,19H2;1H. The summed E-state index contributed by atoms with van der Waals surface area (Å²) in [5, 5.41) is 12.7. The van der Waals surface area contributed by atoms with Gasteiger partial charge in [-0.2, -0.15) is 4.98 Å². The van der Waals surface area contributed by atoms with E-state index in [-0.39, 0.29) is 24.2 Å². The molecule has 2 heterocycles. The van der Waals surface area contributed by atoms with E-state index in [1.54, 1.807) is 30.3 Å². The van der Waals surface area contributed by atoms with Gasteiger partial charge in [0.05, 0.1) is 10.6 Å². The molecule has 1 aliphatic rings. The van der Waals surface area contributed by atoms with Crippen molar-refractivity contribution in [3.63, 3.8) is 0 Å². The topological polar surface area (TPSA) is 100.0 Å². The van der Waals surface area contributed by atoms with Gasteiger partial charge < -0.3 is 15.0 Å². The quantitative estimate of drug-likeness (QED) is 0.676. The molecule has 0 amide bonds. The summed E-state index contributed by atoms with van der Waals surface area (Å²) in [6, 6.07) is 8.39. The van der Waals surface area contributed by atoms with Gasteiger partial charge in [0.2, 0.25) is 5.88 Å². The smallest absolute Gasteiger partial charge is 0.278 e. The van der Waals surface area contributed by atoms with Gasteiger partial charge in [-0.3, -0.25) is 0 Å². The zero-order valence-corrected chi connectivity index (χ0v) is 15.7. The molecule has 2 aromatic heterocycles. The molecule has 1 saturated carbocycles. The Morgan fingerprint density at radius 1 is 1.12 bits per heavy atom. The Labute approximate surface area is 165 Å². The molecule has 0 bridgehead atoms. The minimum Gasteiger partial charge on any atom is -0.436 e. The van der Waals surface area contributed by atoms with E-state index in [0.29, 0.717) is 27.3 Å². The number of hydrogen-bond acceptors (Lipinski definition) is 7. The number of aromatic nitrogens is 4. The third kappa shape index (κ3) is 3.48. The van der Waals surface area contributed by atoms with E-state index in [0.717, 1.165) is 19.3 Å². The van der Waals surface area contributed by atoms with E-state index in [2.05, 4.69) is 20.3 Å². The fourth-order valence-corrected chi connectivity index (χ4v) is 2.81. The number of rotatable bonds is 4. The molecule has 0 aliphatic heterocycles. The molecule has 26 heavy (non-hydrogen) atoms. The summed E-state index contributed by atoms with van der Waals surface area (Å²) in [5.41, 5.74) is 6.14. The van der Waals surface area contributed by atoms with Gasteiger partial charge in [0.15, 0.2) is 11.5 Å². The van der Waals surface area contributed by atoms with Crippen LogP contribution in [0.5, 0.6) is 11.6 Å². The third-order valence-electron chi connectivity index (χ3n) is 4.11. The lowest BCUT2D eigenvalue weighted by atomic mass is 9.77. The summed E-state index contributed by atoms with van der Waals surface area (Å²) in [7, 11) is 0. The fourth-order valence-electron chi connectivity index (χ4n) is 2.48. The van der Waals surface area contributed by atoms with Crippen molar-refractivity contribution in [1.29, 1.82) is 0 Å². The van der Waals surface area contributed by atoms with E-state index in [9.17, 15) is 0 Å². The lowest BCUT2D eigenvalue weighted by Crippen LogP contribution is -2.44. The zero-order chi connectivity index (χ0) is 17.4. The van der Waals surface area contributed by atoms with Gasteiger partial charge in [0, 0.05) is 6.07 Å². The number of nitrogens with two attached hydrogens (primary N) is 1. The summed E-state index contributed by atoms with van der Waals surface area (Å²) in [5.74, 6) is 1.43. The van der Waals surface area contributed by atoms with Crippen LogP contribution in [0.3, 0.4) is 0 Å². The summed E-state index contributed by atoms with van der Waals surface area (Å²) in [4.78, 5) is 4.33. The molecule has 7 nitrogen and oxygen atoms in total. The van der Waals surface area contributed by atoms with Crippen LogP contribution in [-0.4, -0.2) is 20.3 Å². The van der Waals surface area contributed by atoms with E-state index >= 15 is 0 Å². The first-order chi connectivity index (χ1) is 12.0. The van der Waals surface area contributed by atoms with Crippen LogP contribution in [0.1, 0.15) is 25.1 Å². The Balaban J connectivity index is 0.00000196. The molecule has 0 unspecified atom stereocenters. The Kier molecular flexibility index (Phi) is 5.34. The summed E-state index contributed by atoms with van der Waals surface area (Å²) >= 11 is 12.0. The number of benzene rings is 1. The summed E-state index contributed by atoms with van der Waals surface area (Å²) < 4.78 is 10.8. The minimum atomic E-state index is -0.485. The van der Waals surface area contributed by atoms with Crippen LogP contribution in [0, 0.1) is 0 Å². The van der Waals surface area contributed by atoms with Crippen molar-refractivity contribution in [3.05, 3.63) is 46.2 Å². The van der Waals surface area contributed by atoms with Crippen molar-refractivity contribution in [2.45, 2.75) is 24.8 Å². The normalized spacial score (nSPS) is 15.0. The fraction of sp³-hybridized carbons (Fsp3) is 0.250. The number of halogens is 3. The minimum absolute atomic E-state index is 0. The average molecular weight is 415 g/mol. The molecule has 1 aliphatic carbocycles. The van der Waals surface area contributed by atoms with Crippen molar-refractivity contribution in [2.75, 3.05) is 0 Å². The van der Waals surface area contributed by atoms with E-state index in [1.807, 2.05) is 0 Å². The maximum absolute atomic E-state index is 6.19. The third-order valence-corrected chi connectivity index (χ3v) is 4.91. The highest BCUT2D eigenvalue weighted by molar-refractivity contribution is 6.42. The van der Waals surface area contributed by atoms with E-state index in [1.165, 1.54) is 0 Å². The highest BCUT2D eigenvalue weighted by Crippen LogP contribution is 2.37. The van der Waals surface area contributed by atoms with E-state index in [4.69, 9.17) is 38.2 Å². The highest BCUT2D eigenvalue weighted by Gasteiger charge is 2.39. The lowest BCUT2D eigenvalue weighted by molar-refractivity contribution is 0.229. The largest absolute Gasteiger partial charge is 0.436 e. The second-order valence-electron chi connectivity index (χ2n) is 5.84.